The molecule has 1 saturated heterocycles. The number of fused-ring (bicyclic) bond motifs is 1. The lowest BCUT2D eigenvalue weighted by molar-refractivity contribution is 0.0976. The van der Waals surface area contributed by atoms with Crippen molar-refractivity contribution in [2.75, 3.05) is 24.7 Å². The van der Waals surface area contributed by atoms with E-state index in [0.717, 1.165) is 36.0 Å². The Bertz CT molecular complexity index is 1470. The van der Waals surface area contributed by atoms with Crippen LogP contribution in [0.4, 0.5) is 5.95 Å². The van der Waals surface area contributed by atoms with Crippen molar-refractivity contribution < 1.29 is 9.26 Å². The third kappa shape index (κ3) is 4.73. The Labute approximate surface area is 218 Å². The normalized spacial score (nSPS) is 22.6. The minimum atomic E-state index is -0.676. The number of aromatic amines is 1. The minimum absolute atomic E-state index is 0.139. The van der Waals surface area contributed by atoms with Gasteiger partial charge < -0.3 is 14.2 Å². The van der Waals surface area contributed by atoms with Crippen LogP contribution in [0.5, 0.6) is 0 Å². The number of nitrogens with zero attached hydrogens (tertiary/aromatic N) is 7. The van der Waals surface area contributed by atoms with Crippen LogP contribution in [0.1, 0.15) is 39.5 Å². The van der Waals surface area contributed by atoms with Crippen LogP contribution in [0.25, 0.3) is 34.1 Å². The quantitative estimate of drug-likeness (QED) is 0.412. The molecule has 1 atom stereocenters. The SMILES string of the molecule is C[C@@H]1COCCN1c1nc2nc(-c3noc(=O)[nH]3)nc(-c3cncc(Cl)c3)c2n1C[C@H]1CC[C@H](C)CC1. The first kappa shape index (κ1) is 24.1. The number of halogens is 1. The summed E-state index contributed by atoms with van der Waals surface area (Å²) in [6.45, 7) is 7.29. The molecular formula is C25H29ClN8O3. The van der Waals surface area contributed by atoms with Gasteiger partial charge in [-0.05, 0) is 37.7 Å². The maximum Gasteiger partial charge on any atom is 0.439 e. The molecule has 4 aromatic heterocycles. The minimum Gasteiger partial charge on any atom is -0.377 e. The number of rotatable bonds is 5. The summed E-state index contributed by atoms with van der Waals surface area (Å²) in [5.41, 5.74) is 2.68. The Morgan fingerprint density at radius 1 is 1.14 bits per heavy atom. The summed E-state index contributed by atoms with van der Waals surface area (Å²) in [5.74, 6) is 1.82. The van der Waals surface area contributed by atoms with Gasteiger partial charge in [-0.15, -0.1) is 0 Å². The lowest BCUT2D eigenvalue weighted by Crippen LogP contribution is -2.45. The second-order valence-corrected chi connectivity index (χ2v) is 10.6. The molecule has 37 heavy (non-hydrogen) atoms. The average molecular weight is 525 g/mol. The van der Waals surface area contributed by atoms with Crippen molar-refractivity contribution >= 4 is 28.7 Å². The number of hydrogen-bond donors (Lipinski definition) is 1. The fourth-order valence-electron chi connectivity index (χ4n) is 5.39. The molecule has 0 aromatic carbocycles. The lowest BCUT2D eigenvalue weighted by Gasteiger charge is -2.35. The number of H-pyrrole nitrogens is 1. The van der Waals surface area contributed by atoms with Crippen LogP contribution >= 0.6 is 11.6 Å². The molecule has 4 aromatic rings. The molecule has 12 heteroatoms. The van der Waals surface area contributed by atoms with Crippen molar-refractivity contribution in [3.8, 4) is 22.9 Å². The van der Waals surface area contributed by atoms with Gasteiger partial charge >= 0.3 is 5.76 Å². The fourth-order valence-corrected chi connectivity index (χ4v) is 5.56. The predicted octanol–water partition coefficient (Wildman–Crippen LogP) is 3.94. The van der Waals surface area contributed by atoms with Crippen molar-refractivity contribution in [3.05, 3.63) is 34.0 Å². The molecule has 5 heterocycles. The van der Waals surface area contributed by atoms with Crippen molar-refractivity contribution in [1.82, 2.24) is 34.6 Å². The van der Waals surface area contributed by atoms with Crippen LogP contribution in [0.2, 0.25) is 5.02 Å². The first-order valence-corrected chi connectivity index (χ1v) is 13.1. The van der Waals surface area contributed by atoms with E-state index >= 15 is 0 Å². The molecular weight excluding hydrogens is 496 g/mol. The van der Waals surface area contributed by atoms with Crippen LogP contribution in [-0.4, -0.2) is 60.4 Å². The molecule has 0 bridgehead atoms. The first-order chi connectivity index (χ1) is 18.0. The van der Waals surface area contributed by atoms with Crippen molar-refractivity contribution in [3.63, 3.8) is 0 Å². The molecule has 1 aliphatic heterocycles. The highest BCUT2D eigenvalue weighted by Gasteiger charge is 2.30. The second kappa shape index (κ2) is 9.86. The molecule has 2 fully saturated rings. The summed E-state index contributed by atoms with van der Waals surface area (Å²) in [7, 11) is 0. The number of aromatic nitrogens is 7. The largest absolute Gasteiger partial charge is 0.439 e. The van der Waals surface area contributed by atoms with E-state index in [9.17, 15) is 4.79 Å². The molecule has 0 amide bonds. The summed E-state index contributed by atoms with van der Waals surface area (Å²) in [4.78, 5) is 35.4. The van der Waals surface area contributed by atoms with Gasteiger partial charge in [0.05, 0.1) is 24.3 Å². The number of imidazole rings is 1. The topological polar surface area (TPSA) is 128 Å². The summed E-state index contributed by atoms with van der Waals surface area (Å²) in [6, 6.07) is 1.98. The first-order valence-electron chi connectivity index (χ1n) is 12.8. The number of hydrogen-bond acceptors (Lipinski definition) is 9. The zero-order valence-corrected chi connectivity index (χ0v) is 21.6. The van der Waals surface area contributed by atoms with Gasteiger partial charge in [0, 0.05) is 31.0 Å². The van der Waals surface area contributed by atoms with Crippen LogP contribution < -0.4 is 10.7 Å². The van der Waals surface area contributed by atoms with E-state index in [-0.39, 0.29) is 17.7 Å². The van der Waals surface area contributed by atoms with Gasteiger partial charge in [0.25, 0.3) is 0 Å². The zero-order chi connectivity index (χ0) is 25.5. The predicted molar refractivity (Wildman–Crippen MR) is 138 cm³/mol. The second-order valence-electron chi connectivity index (χ2n) is 10.2. The number of pyridine rings is 1. The number of anilines is 1. The Morgan fingerprint density at radius 3 is 2.70 bits per heavy atom. The van der Waals surface area contributed by atoms with Gasteiger partial charge in [-0.2, -0.15) is 4.98 Å². The molecule has 1 N–H and O–H groups in total. The summed E-state index contributed by atoms with van der Waals surface area (Å²) >= 11 is 6.34. The zero-order valence-electron chi connectivity index (χ0n) is 20.9. The van der Waals surface area contributed by atoms with E-state index in [0.29, 0.717) is 35.5 Å². The standard InChI is InChI=1S/C25H29ClN8O3/c1-14-3-5-16(6-4-14)12-34-20-19(17-9-18(26)11-27-10-17)28-22(23-31-25(35)37-32-23)29-21(20)30-24(34)33-7-8-36-13-15(33)2/h9-11,14-16H,3-8,12-13H2,1-2H3,(H,31,32,35)/t14-,15-,16-/m1/s1. The third-order valence-electron chi connectivity index (χ3n) is 7.41. The van der Waals surface area contributed by atoms with E-state index in [2.05, 4.69) is 38.4 Å². The van der Waals surface area contributed by atoms with Gasteiger partial charge in [-0.25, -0.2) is 14.8 Å². The highest BCUT2D eigenvalue weighted by molar-refractivity contribution is 6.30. The van der Waals surface area contributed by atoms with Crippen LogP contribution in [0.3, 0.4) is 0 Å². The average Bonchev–Trinajstić information content (AvgIpc) is 3.49. The van der Waals surface area contributed by atoms with E-state index < -0.39 is 5.76 Å². The van der Waals surface area contributed by atoms with Gasteiger partial charge in [0.15, 0.2) is 5.65 Å². The maximum atomic E-state index is 11.7. The summed E-state index contributed by atoms with van der Waals surface area (Å²) in [6.07, 6.45) is 8.11. The Morgan fingerprint density at radius 2 is 1.97 bits per heavy atom. The van der Waals surface area contributed by atoms with Crippen molar-refractivity contribution in [2.45, 2.75) is 52.1 Å². The van der Waals surface area contributed by atoms with E-state index in [1.165, 1.54) is 25.7 Å². The maximum absolute atomic E-state index is 11.7. The highest BCUT2D eigenvalue weighted by atomic mass is 35.5. The van der Waals surface area contributed by atoms with Crippen molar-refractivity contribution in [1.29, 1.82) is 0 Å². The van der Waals surface area contributed by atoms with Gasteiger partial charge in [-0.1, -0.05) is 36.5 Å². The molecule has 194 valence electrons. The molecule has 0 unspecified atom stereocenters. The number of nitrogens with one attached hydrogen (secondary N) is 1. The molecule has 0 radical (unpaired) electrons. The van der Waals surface area contributed by atoms with Gasteiger partial charge in [-0.3, -0.25) is 14.5 Å². The van der Waals surface area contributed by atoms with Crippen LogP contribution in [0, 0.1) is 11.8 Å². The lowest BCUT2D eigenvalue weighted by atomic mass is 9.83. The summed E-state index contributed by atoms with van der Waals surface area (Å²) in [5, 5.41) is 4.30. The van der Waals surface area contributed by atoms with E-state index in [1.54, 1.807) is 12.4 Å². The monoisotopic (exact) mass is 524 g/mol. The smallest absolute Gasteiger partial charge is 0.377 e. The molecule has 1 aliphatic carbocycles. The van der Waals surface area contributed by atoms with Crippen molar-refractivity contribution in [2.24, 2.45) is 11.8 Å². The van der Waals surface area contributed by atoms with E-state index in [4.69, 9.17) is 35.8 Å². The molecule has 0 spiro atoms. The number of ether oxygens (including phenoxy) is 1. The molecule has 2 aliphatic rings. The Balaban J connectivity index is 1.58. The Hall–Kier alpha value is -3.31. The fraction of sp³-hybridized carbons (Fsp3) is 0.520. The number of morpholine rings is 1. The Kier molecular flexibility index (Phi) is 6.41. The van der Waals surface area contributed by atoms with Crippen LogP contribution in [0.15, 0.2) is 27.8 Å². The van der Waals surface area contributed by atoms with Crippen LogP contribution in [-0.2, 0) is 11.3 Å². The van der Waals surface area contributed by atoms with Gasteiger partial charge in [0.2, 0.25) is 17.6 Å². The molecule has 1 saturated carbocycles. The van der Waals surface area contributed by atoms with Gasteiger partial charge in [0.1, 0.15) is 11.2 Å². The molecule has 11 nitrogen and oxygen atoms in total. The molecule has 6 rings (SSSR count). The van der Waals surface area contributed by atoms with E-state index in [1.807, 2.05) is 6.07 Å². The highest BCUT2D eigenvalue weighted by Crippen LogP contribution is 2.36. The summed E-state index contributed by atoms with van der Waals surface area (Å²) < 4.78 is 12.7. The third-order valence-corrected chi connectivity index (χ3v) is 7.62.